The summed E-state index contributed by atoms with van der Waals surface area (Å²) in [7, 11) is 1.65. The first-order chi connectivity index (χ1) is 18.4. The molecule has 0 bridgehead atoms. The summed E-state index contributed by atoms with van der Waals surface area (Å²) in [6, 6.07) is 12.2. The van der Waals surface area contributed by atoms with E-state index >= 15 is 0 Å². The highest BCUT2D eigenvalue weighted by Crippen LogP contribution is 2.35. The Kier molecular flexibility index (Phi) is 10.2. The van der Waals surface area contributed by atoms with Gasteiger partial charge in [-0.25, -0.2) is 9.97 Å². The monoisotopic (exact) mass is 582 g/mol. The topological polar surface area (TPSA) is 76.6 Å². The maximum Gasteiger partial charge on any atom is 0.222 e. The van der Waals surface area contributed by atoms with Gasteiger partial charge in [0.2, 0.25) is 5.91 Å². The fraction of sp³-hybridized carbons (Fsp3) is 0.500. The van der Waals surface area contributed by atoms with Gasteiger partial charge in [0, 0.05) is 35.4 Å². The van der Waals surface area contributed by atoms with E-state index in [1.165, 1.54) is 6.42 Å². The molecule has 4 rings (SSSR count). The SMILES string of the molecule is COc1cc2c(N[C@H](C)c3cccc(Br)c3)nc(C)nc2cc1OCCCCCCC(=O)N1CCCCC1. The van der Waals surface area contributed by atoms with Crippen molar-refractivity contribution >= 4 is 38.6 Å². The van der Waals surface area contributed by atoms with Gasteiger partial charge in [0.15, 0.2) is 11.5 Å². The average Bonchev–Trinajstić information content (AvgIpc) is 2.92. The number of carbonyl (C=O) groups excluding carboxylic acids is 1. The van der Waals surface area contributed by atoms with Crippen molar-refractivity contribution in [2.45, 2.75) is 71.3 Å². The molecule has 0 spiro atoms. The average molecular weight is 584 g/mol. The third kappa shape index (κ3) is 7.59. The summed E-state index contributed by atoms with van der Waals surface area (Å²) in [5.74, 6) is 3.12. The second-order valence-electron chi connectivity index (χ2n) is 10.0. The molecule has 0 unspecified atom stereocenters. The first-order valence-corrected chi connectivity index (χ1v) is 14.5. The van der Waals surface area contributed by atoms with Crippen LogP contribution in [0.1, 0.15) is 75.7 Å². The molecule has 1 aliphatic rings. The highest BCUT2D eigenvalue weighted by molar-refractivity contribution is 9.10. The summed E-state index contributed by atoms with van der Waals surface area (Å²) in [4.78, 5) is 23.7. The third-order valence-corrected chi connectivity index (χ3v) is 7.54. The number of piperidine rings is 1. The molecule has 1 N–H and O–H groups in total. The molecule has 3 aromatic rings. The second-order valence-corrected chi connectivity index (χ2v) is 10.9. The standard InChI is InChI=1S/C30H39BrN4O3/c1-21(23-12-11-13-24(31)18-23)32-30-25-19-27(37-3)28(20-26(25)33-22(2)34-30)38-17-10-5-4-7-14-29(36)35-15-8-6-9-16-35/h11-13,18-21H,4-10,14-17H2,1-3H3,(H,32,33,34)/t21-/m1/s1. The van der Waals surface area contributed by atoms with Crippen LogP contribution in [0.15, 0.2) is 40.9 Å². The number of hydrogen-bond acceptors (Lipinski definition) is 6. The number of aryl methyl sites for hydroxylation is 1. The van der Waals surface area contributed by atoms with Crippen LogP contribution in [0.2, 0.25) is 0 Å². The van der Waals surface area contributed by atoms with Crippen LogP contribution in [0, 0.1) is 6.92 Å². The van der Waals surface area contributed by atoms with Crippen LogP contribution in [0.5, 0.6) is 11.5 Å². The molecule has 1 saturated heterocycles. The predicted octanol–water partition coefficient (Wildman–Crippen LogP) is 7.22. The minimum atomic E-state index is 0.0575. The van der Waals surface area contributed by atoms with Crippen LogP contribution in [0.3, 0.4) is 0 Å². The van der Waals surface area contributed by atoms with E-state index in [1.54, 1.807) is 7.11 Å². The molecule has 8 heteroatoms. The van der Waals surface area contributed by atoms with Crippen LogP contribution in [0.4, 0.5) is 5.82 Å². The molecule has 38 heavy (non-hydrogen) atoms. The van der Waals surface area contributed by atoms with E-state index in [4.69, 9.17) is 9.47 Å². The van der Waals surface area contributed by atoms with E-state index in [0.717, 1.165) is 78.4 Å². The first-order valence-electron chi connectivity index (χ1n) is 13.7. The molecule has 1 amide bonds. The fourth-order valence-corrected chi connectivity index (χ4v) is 5.33. The Labute approximate surface area is 234 Å². The molecular formula is C30H39BrN4O3. The normalized spacial score (nSPS) is 14.4. The number of unbranched alkanes of at least 4 members (excludes halogenated alkanes) is 3. The quantitative estimate of drug-likeness (QED) is 0.227. The summed E-state index contributed by atoms with van der Waals surface area (Å²) in [5.41, 5.74) is 1.97. The van der Waals surface area contributed by atoms with Crippen molar-refractivity contribution in [3.63, 3.8) is 0 Å². The lowest BCUT2D eigenvalue weighted by Gasteiger charge is -2.26. The second kappa shape index (κ2) is 13.8. The molecule has 0 aliphatic carbocycles. The number of nitrogens with one attached hydrogen (secondary N) is 1. The van der Waals surface area contributed by atoms with Gasteiger partial charge in [-0.2, -0.15) is 0 Å². The van der Waals surface area contributed by atoms with Crippen molar-refractivity contribution in [2.24, 2.45) is 0 Å². The Morgan fingerprint density at radius 1 is 1.05 bits per heavy atom. The molecule has 2 heterocycles. The van der Waals surface area contributed by atoms with Crippen molar-refractivity contribution in [3.8, 4) is 11.5 Å². The van der Waals surface area contributed by atoms with Gasteiger partial charge in [0.1, 0.15) is 11.6 Å². The zero-order valence-electron chi connectivity index (χ0n) is 22.8. The molecule has 0 saturated carbocycles. The number of rotatable bonds is 12. The molecule has 7 nitrogen and oxygen atoms in total. The Morgan fingerprint density at radius 3 is 2.61 bits per heavy atom. The predicted molar refractivity (Wildman–Crippen MR) is 156 cm³/mol. The maximum absolute atomic E-state index is 12.3. The maximum atomic E-state index is 12.3. The molecule has 1 atom stereocenters. The molecule has 204 valence electrons. The number of nitrogens with zero attached hydrogens (tertiary/aromatic N) is 3. The zero-order chi connectivity index (χ0) is 26.9. The number of anilines is 1. The van der Waals surface area contributed by atoms with E-state index in [9.17, 15) is 4.79 Å². The number of likely N-dealkylation sites (tertiary alicyclic amines) is 1. The lowest BCUT2D eigenvalue weighted by Crippen LogP contribution is -2.35. The number of benzene rings is 2. The Balaban J connectivity index is 1.33. The third-order valence-electron chi connectivity index (χ3n) is 7.05. The van der Waals surface area contributed by atoms with Gasteiger partial charge in [-0.1, -0.05) is 40.9 Å². The number of fused-ring (bicyclic) bond motifs is 1. The molecule has 0 radical (unpaired) electrons. The van der Waals surface area contributed by atoms with Gasteiger partial charge < -0.3 is 19.7 Å². The van der Waals surface area contributed by atoms with Gasteiger partial charge >= 0.3 is 0 Å². The number of carbonyl (C=O) groups is 1. The summed E-state index contributed by atoms with van der Waals surface area (Å²) < 4.78 is 12.8. The smallest absolute Gasteiger partial charge is 0.222 e. The Morgan fingerprint density at radius 2 is 1.84 bits per heavy atom. The lowest BCUT2D eigenvalue weighted by atomic mass is 10.1. The van der Waals surface area contributed by atoms with Gasteiger partial charge in [-0.3, -0.25) is 4.79 Å². The summed E-state index contributed by atoms with van der Waals surface area (Å²) in [6.07, 6.45) is 8.15. The fourth-order valence-electron chi connectivity index (χ4n) is 4.91. The van der Waals surface area contributed by atoms with Crippen molar-refractivity contribution < 1.29 is 14.3 Å². The van der Waals surface area contributed by atoms with Crippen LogP contribution in [0.25, 0.3) is 10.9 Å². The van der Waals surface area contributed by atoms with Crippen molar-refractivity contribution in [3.05, 3.63) is 52.3 Å². The largest absolute Gasteiger partial charge is 0.493 e. The minimum Gasteiger partial charge on any atom is -0.493 e. The highest BCUT2D eigenvalue weighted by Gasteiger charge is 2.17. The molecule has 1 aliphatic heterocycles. The van der Waals surface area contributed by atoms with Crippen LogP contribution in [-0.4, -0.2) is 47.6 Å². The van der Waals surface area contributed by atoms with Gasteiger partial charge in [-0.05, 0) is 69.7 Å². The van der Waals surface area contributed by atoms with Gasteiger partial charge in [-0.15, -0.1) is 0 Å². The summed E-state index contributed by atoms with van der Waals surface area (Å²) >= 11 is 3.55. The van der Waals surface area contributed by atoms with Crippen molar-refractivity contribution in [1.82, 2.24) is 14.9 Å². The van der Waals surface area contributed by atoms with Crippen LogP contribution in [-0.2, 0) is 4.79 Å². The zero-order valence-corrected chi connectivity index (χ0v) is 24.3. The molecule has 1 fully saturated rings. The van der Waals surface area contributed by atoms with E-state index < -0.39 is 0 Å². The molecular weight excluding hydrogens is 544 g/mol. The van der Waals surface area contributed by atoms with Crippen LogP contribution < -0.4 is 14.8 Å². The highest BCUT2D eigenvalue weighted by atomic mass is 79.9. The van der Waals surface area contributed by atoms with Crippen molar-refractivity contribution in [2.75, 3.05) is 32.1 Å². The molecule has 1 aromatic heterocycles. The number of amides is 1. The lowest BCUT2D eigenvalue weighted by molar-refractivity contribution is -0.132. The van der Waals surface area contributed by atoms with E-state index in [1.807, 2.05) is 36.1 Å². The Hall–Kier alpha value is -2.87. The van der Waals surface area contributed by atoms with Crippen molar-refractivity contribution in [1.29, 1.82) is 0 Å². The summed E-state index contributed by atoms with van der Waals surface area (Å²) in [6.45, 7) is 6.48. The van der Waals surface area contributed by atoms with Crippen LogP contribution >= 0.6 is 15.9 Å². The number of hydrogen-bond donors (Lipinski definition) is 1. The molecule has 2 aromatic carbocycles. The number of aromatic nitrogens is 2. The van der Waals surface area contributed by atoms with E-state index in [-0.39, 0.29) is 6.04 Å². The summed E-state index contributed by atoms with van der Waals surface area (Å²) in [5, 5.41) is 4.43. The number of ether oxygens (including phenoxy) is 2. The van der Waals surface area contributed by atoms with E-state index in [2.05, 4.69) is 50.3 Å². The minimum absolute atomic E-state index is 0.0575. The number of halogens is 1. The first kappa shape index (κ1) is 28.1. The van der Waals surface area contributed by atoms with Gasteiger partial charge in [0.25, 0.3) is 0 Å². The van der Waals surface area contributed by atoms with Gasteiger partial charge in [0.05, 0.1) is 25.3 Å². The Bertz CT molecular complexity index is 1230. The number of methoxy groups -OCH3 is 1. The van der Waals surface area contributed by atoms with E-state index in [0.29, 0.717) is 36.3 Å².